The number of rotatable bonds is 4. The highest BCUT2D eigenvalue weighted by atomic mass is 32.1. The number of nitriles is 1. The molecule has 0 spiro atoms. The van der Waals surface area contributed by atoms with Crippen LogP contribution in [-0.4, -0.2) is 16.7 Å². The second kappa shape index (κ2) is 6.93. The fourth-order valence-electron chi connectivity index (χ4n) is 2.91. The first-order valence-electron chi connectivity index (χ1n) is 7.85. The summed E-state index contributed by atoms with van der Waals surface area (Å²) >= 11 is 1.55. The minimum absolute atomic E-state index is 0.330. The van der Waals surface area contributed by atoms with Crippen LogP contribution in [0, 0.1) is 23.2 Å². The van der Waals surface area contributed by atoms with Crippen molar-refractivity contribution in [3.8, 4) is 6.07 Å². The molecule has 0 radical (unpaired) electrons. The summed E-state index contributed by atoms with van der Waals surface area (Å²) in [5.74, 6) is -1.47. The van der Waals surface area contributed by atoms with Crippen molar-refractivity contribution in [3.63, 3.8) is 0 Å². The third kappa shape index (κ3) is 3.22. The van der Waals surface area contributed by atoms with Crippen LogP contribution in [0.15, 0.2) is 29.8 Å². The van der Waals surface area contributed by atoms with Gasteiger partial charge in [0.05, 0.1) is 6.07 Å². The van der Waals surface area contributed by atoms with Gasteiger partial charge in [-0.3, -0.25) is 9.59 Å². The van der Waals surface area contributed by atoms with E-state index in [-0.39, 0.29) is 0 Å². The van der Waals surface area contributed by atoms with Crippen molar-refractivity contribution < 1.29 is 9.59 Å². The van der Waals surface area contributed by atoms with E-state index < -0.39 is 17.6 Å². The highest BCUT2D eigenvalue weighted by Crippen LogP contribution is 2.34. The smallest absolute Gasteiger partial charge is 0.250 e. The van der Waals surface area contributed by atoms with Gasteiger partial charge in [0.15, 0.2) is 11.7 Å². The summed E-state index contributed by atoms with van der Waals surface area (Å²) in [5, 5.41) is 13.7. The molecule has 0 fully saturated rings. The quantitative estimate of drug-likeness (QED) is 0.685. The van der Waals surface area contributed by atoms with Gasteiger partial charge in [-0.25, -0.2) is 4.98 Å². The Labute approximate surface area is 144 Å². The molecule has 3 rings (SSSR count). The Balaban J connectivity index is 1.80. The number of thiophene rings is 1. The van der Waals surface area contributed by atoms with Crippen LogP contribution in [0.1, 0.15) is 34.1 Å². The predicted octanol–water partition coefficient (Wildman–Crippen LogP) is 3.23. The maximum absolute atomic E-state index is 12.7. The van der Waals surface area contributed by atoms with Crippen molar-refractivity contribution in [2.75, 3.05) is 5.32 Å². The van der Waals surface area contributed by atoms with Gasteiger partial charge in [0.1, 0.15) is 5.82 Å². The van der Waals surface area contributed by atoms with E-state index in [1.165, 1.54) is 11.1 Å². The molecule has 0 unspecified atom stereocenters. The number of hydrogen-bond acceptors (Lipinski definition) is 5. The van der Waals surface area contributed by atoms with Gasteiger partial charge < -0.3 is 5.32 Å². The number of fused-ring (bicyclic) bond motifs is 1. The monoisotopic (exact) mass is 339 g/mol. The molecule has 0 saturated heterocycles. The molecule has 1 aliphatic rings. The zero-order valence-corrected chi connectivity index (χ0v) is 14.1. The molecule has 122 valence electrons. The lowest BCUT2D eigenvalue weighted by Crippen LogP contribution is -2.29. The molecule has 1 aliphatic carbocycles. The van der Waals surface area contributed by atoms with E-state index in [4.69, 9.17) is 0 Å². The molecule has 1 amide bonds. The summed E-state index contributed by atoms with van der Waals surface area (Å²) in [6.45, 7) is 2.20. The molecule has 0 aliphatic heterocycles. The van der Waals surface area contributed by atoms with Gasteiger partial charge in [-0.1, -0.05) is 13.0 Å². The molecule has 0 aromatic carbocycles. The number of carbonyl (C=O) groups excluding carboxylic acids is 2. The first-order chi connectivity index (χ1) is 11.6. The number of ketones is 1. The van der Waals surface area contributed by atoms with Crippen LogP contribution in [0.25, 0.3) is 0 Å². The summed E-state index contributed by atoms with van der Waals surface area (Å²) in [4.78, 5) is 30.2. The van der Waals surface area contributed by atoms with Gasteiger partial charge >= 0.3 is 0 Å². The molecule has 0 bridgehead atoms. The Morgan fingerprint density at radius 3 is 3.00 bits per heavy atom. The number of amides is 1. The minimum atomic E-state index is -1.36. The van der Waals surface area contributed by atoms with E-state index in [1.807, 2.05) is 6.07 Å². The zero-order chi connectivity index (χ0) is 17.1. The topological polar surface area (TPSA) is 82.8 Å². The van der Waals surface area contributed by atoms with Gasteiger partial charge in [0.2, 0.25) is 0 Å². The van der Waals surface area contributed by atoms with Crippen LogP contribution in [0.3, 0.4) is 0 Å². The third-order valence-corrected chi connectivity index (χ3v) is 5.29. The standard InChI is InChI=1S/C18H17N3O2S/c1-11-5-6-12-14(10-24-15(12)8-11)17(22)13(9-19)18(23)21-16-4-2-3-7-20-16/h2-4,7,10-11,13H,5-6,8H2,1H3,(H,20,21,23)/t11-,13-/m0/s1. The summed E-state index contributed by atoms with van der Waals surface area (Å²) < 4.78 is 0. The van der Waals surface area contributed by atoms with E-state index in [1.54, 1.807) is 34.9 Å². The van der Waals surface area contributed by atoms with Crippen LogP contribution in [0.2, 0.25) is 0 Å². The first-order valence-corrected chi connectivity index (χ1v) is 8.73. The molecule has 0 saturated carbocycles. The average molecular weight is 339 g/mol. The van der Waals surface area contributed by atoms with E-state index in [0.717, 1.165) is 24.8 Å². The number of aromatic nitrogens is 1. The number of anilines is 1. The predicted molar refractivity (Wildman–Crippen MR) is 91.8 cm³/mol. The molecule has 2 aromatic heterocycles. The van der Waals surface area contributed by atoms with Gasteiger partial charge in [0.25, 0.3) is 5.91 Å². The van der Waals surface area contributed by atoms with Crippen LogP contribution < -0.4 is 5.32 Å². The lowest BCUT2D eigenvalue weighted by Gasteiger charge is -2.19. The number of carbonyl (C=O) groups is 2. The van der Waals surface area contributed by atoms with Crippen LogP contribution in [0.5, 0.6) is 0 Å². The molecule has 2 atom stereocenters. The van der Waals surface area contributed by atoms with E-state index in [9.17, 15) is 14.9 Å². The second-order valence-electron chi connectivity index (χ2n) is 6.03. The summed E-state index contributed by atoms with van der Waals surface area (Å²) in [5.41, 5.74) is 1.55. The summed E-state index contributed by atoms with van der Waals surface area (Å²) in [6.07, 6.45) is 4.36. The van der Waals surface area contributed by atoms with Crippen molar-refractivity contribution in [1.82, 2.24) is 4.98 Å². The highest BCUT2D eigenvalue weighted by Gasteiger charge is 2.32. The van der Waals surface area contributed by atoms with Crippen LogP contribution in [-0.2, 0) is 17.6 Å². The third-order valence-electron chi connectivity index (χ3n) is 4.24. The van der Waals surface area contributed by atoms with Gasteiger partial charge in [-0.15, -0.1) is 11.3 Å². The van der Waals surface area contributed by atoms with Crippen LogP contribution >= 0.6 is 11.3 Å². The molecule has 24 heavy (non-hydrogen) atoms. The Kier molecular flexibility index (Phi) is 4.72. The SMILES string of the molecule is C[C@H]1CCc2c(C(=O)[C@H](C#N)C(=O)Nc3ccccn3)csc2C1. The van der Waals surface area contributed by atoms with E-state index in [2.05, 4.69) is 17.2 Å². The molecule has 6 heteroatoms. The largest absolute Gasteiger partial charge is 0.309 e. The normalized spacial score (nSPS) is 17.4. The van der Waals surface area contributed by atoms with Crippen molar-refractivity contribution in [1.29, 1.82) is 5.26 Å². The van der Waals surface area contributed by atoms with E-state index in [0.29, 0.717) is 17.3 Å². The Morgan fingerprint density at radius 1 is 1.46 bits per heavy atom. The molecular formula is C18H17N3O2S. The van der Waals surface area contributed by atoms with Gasteiger partial charge in [0, 0.05) is 22.0 Å². The number of nitrogens with one attached hydrogen (secondary N) is 1. The summed E-state index contributed by atoms with van der Waals surface area (Å²) in [6, 6.07) is 6.90. The van der Waals surface area contributed by atoms with Crippen LogP contribution in [0.4, 0.5) is 5.82 Å². The Hall–Kier alpha value is -2.52. The van der Waals surface area contributed by atoms with Gasteiger partial charge in [-0.2, -0.15) is 5.26 Å². The molecule has 5 nitrogen and oxygen atoms in total. The zero-order valence-electron chi connectivity index (χ0n) is 13.3. The van der Waals surface area contributed by atoms with Gasteiger partial charge in [-0.05, 0) is 42.9 Å². The lowest BCUT2D eigenvalue weighted by molar-refractivity contribution is -0.117. The second-order valence-corrected chi connectivity index (χ2v) is 6.99. The molecule has 1 N–H and O–H groups in total. The van der Waals surface area contributed by atoms with Crippen molar-refractivity contribution in [2.45, 2.75) is 26.2 Å². The Morgan fingerprint density at radius 2 is 2.29 bits per heavy atom. The van der Waals surface area contributed by atoms with Crippen molar-refractivity contribution in [2.24, 2.45) is 11.8 Å². The number of Topliss-reactive ketones (excluding diaryl/α,β-unsaturated/α-hetero) is 1. The number of nitrogens with zero attached hydrogens (tertiary/aromatic N) is 2. The first kappa shape index (κ1) is 16.3. The number of pyridine rings is 1. The fourth-order valence-corrected chi connectivity index (χ4v) is 4.16. The maximum atomic E-state index is 12.7. The fraction of sp³-hybridized carbons (Fsp3) is 0.333. The molecule has 2 aromatic rings. The molecular weight excluding hydrogens is 322 g/mol. The minimum Gasteiger partial charge on any atom is -0.309 e. The van der Waals surface area contributed by atoms with Crippen molar-refractivity contribution in [3.05, 3.63) is 45.8 Å². The van der Waals surface area contributed by atoms with E-state index >= 15 is 0 Å². The maximum Gasteiger partial charge on any atom is 0.250 e. The summed E-state index contributed by atoms with van der Waals surface area (Å²) in [7, 11) is 0. The lowest BCUT2D eigenvalue weighted by atomic mass is 9.86. The highest BCUT2D eigenvalue weighted by molar-refractivity contribution is 7.10. The Bertz CT molecular complexity index is 807. The number of hydrogen-bond donors (Lipinski definition) is 1. The van der Waals surface area contributed by atoms with Crippen molar-refractivity contribution >= 4 is 28.8 Å². The molecule has 2 heterocycles. The average Bonchev–Trinajstić information content (AvgIpc) is 2.99.